The van der Waals surface area contributed by atoms with Gasteiger partial charge in [-0.05, 0) is 32.0 Å². The predicted octanol–water partition coefficient (Wildman–Crippen LogP) is 2.09. The third-order valence-corrected chi connectivity index (χ3v) is 4.09. The van der Waals surface area contributed by atoms with E-state index in [0.29, 0.717) is 6.54 Å². The molecule has 0 radical (unpaired) electrons. The Bertz CT molecular complexity index is 700. The SMILES string of the molecule is CCNC(=NCc1cccc(C)n1)N1CCN(c2ncccn2)CC1.I. The molecule has 0 atom stereocenters. The van der Waals surface area contributed by atoms with Crippen molar-refractivity contribution in [1.82, 2.24) is 25.2 Å². The molecule has 1 N–H and O–H groups in total. The number of hydrogen-bond acceptors (Lipinski definition) is 5. The topological polar surface area (TPSA) is 69.5 Å². The molecule has 1 fully saturated rings. The summed E-state index contributed by atoms with van der Waals surface area (Å²) in [6.45, 7) is 9.09. The second kappa shape index (κ2) is 10.2. The highest BCUT2D eigenvalue weighted by Gasteiger charge is 2.21. The summed E-state index contributed by atoms with van der Waals surface area (Å²) in [4.78, 5) is 22.5. The van der Waals surface area contributed by atoms with E-state index in [1.807, 2.05) is 31.2 Å². The molecule has 3 rings (SSSR count). The highest BCUT2D eigenvalue weighted by molar-refractivity contribution is 14.0. The van der Waals surface area contributed by atoms with E-state index in [4.69, 9.17) is 4.99 Å². The van der Waals surface area contributed by atoms with Gasteiger partial charge in [0.25, 0.3) is 0 Å². The maximum atomic E-state index is 4.77. The van der Waals surface area contributed by atoms with Crippen LogP contribution in [0.15, 0.2) is 41.7 Å². The van der Waals surface area contributed by atoms with Crippen LogP contribution in [0.4, 0.5) is 5.95 Å². The van der Waals surface area contributed by atoms with Crippen molar-refractivity contribution in [3.63, 3.8) is 0 Å². The van der Waals surface area contributed by atoms with Crippen LogP contribution < -0.4 is 10.2 Å². The highest BCUT2D eigenvalue weighted by Crippen LogP contribution is 2.10. The van der Waals surface area contributed by atoms with Crippen molar-refractivity contribution in [2.24, 2.45) is 4.99 Å². The number of pyridine rings is 1. The molecule has 0 unspecified atom stereocenters. The van der Waals surface area contributed by atoms with Crippen LogP contribution in [-0.4, -0.2) is 58.5 Å². The summed E-state index contributed by atoms with van der Waals surface area (Å²) < 4.78 is 0. The summed E-state index contributed by atoms with van der Waals surface area (Å²) in [6.07, 6.45) is 3.57. The molecule has 7 nitrogen and oxygen atoms in total. The number of nitrogens with one attached hydrogen (secondary N) is 1. The summed E-state index contributed by atoms with van der Waals surface area (Å²) in [5.41, 5.74) is 2.01. The van der Waals surface area contributed by atoms with Gasteiger partial charge in [-0.15, -0.1) is 24.0 Å². The minimum atomic E-state index is 0. The quantitative estimate of drug-likeness (QED) is 0.422. The van der Waals surface area contributed by atoms with E-state index in [9.17, 15) is 0 Å². The van der Waals surface area contributed by atoms with Gasteiger partial charge in [0.1, 0.15) is 0 Å². The van der Waals surface area contributed by atoms with Crippen molar-refractivity contribution in [3.05, 3.63) is 48.0 Å². The highest BCUT2D eigenvalue weighted by atomic mass is 127. The Kier molecular flexibility index (Phi) is 8.02. The fourth-order valence-electron chi connectivity index (χ4n) is 2.84. The summed E-state index contributed by atoms with van der Waals surface area (Å²) in [7, 11) is 0. The third-order valence-electron chi connectivity index (χ3n) is 4.09. The van der Waals surface area contributed by atoms with Gasteiger partial charge in [0, 0.05) is 50.8 Å². The Morgan fingerprint density at radius 2 is 1.85 bits per heavy atom. The van der Waals surface area contributed by atoms with Gasteiger partial charge in [0.2, 0.25) is 5.95 Å². The van der Waals surface area contributed by atoms with Crippen LogP contribution in [0.2, 0.25) is 0 Å². The summed E-state index contributed by atoms with van der Waals surface area (Å²) >= 11 is 0. The summed E-state index contributed by atoms with van der Waals surface area (Å²) in [6, 6.07) is 7.89. The van der Waals surface area contributed by atoms with E-state index < -0.39 is 0 Å². The lowest BCUT2D eigenvalue weighted by molar-refractivity contribution is 0.370. The molecule has 0 aromatic carbocycles. The smallest absolute Gasteiger partial charge is 0.225 e. The molecule has 8 heteroatoms. The number of piperazine rings is 1. The van der Waals surface area contributed by atoms with E-state index in [0.717, 1.165) is 56.0 Å². The van der Waals surface area contributed by atoms with E-state index in [1.165, 1.54) is 0 Å². The molecular weight excluding hydrogens is 441 g/mol. The first-order valence-corrected chi connectivity index (χ1v) is 8.74. The first kappa shape index (κ1) is 20.3. The van der Waals surface area contributed by atoms with Crippen molar-refractivity contribution in [1.29, 1.82) is 0 Å². The van der Waals surface area contributed by atoms with Crippen molar-refractivity contribution < 1.29 is 0 Å². The summed E-state index contributed by atoms with van der Waals surface area (Å²) in [5.74, 6) is 1.74. The average molecular weight is 467 g/mol. The monoisotopic (exact) mass is 467 g/mol. The van der Waals surface area contributed by atoms with Crippen LogP contribution >= 0.6 is 24.0 Å². The Morgan fingerprint density at radius 1 is 1.12 bits per heavy atom. The van der Waals surface area contributed by atoms with E-state index in [-0.39, 0.29) is 24.0 Å². The lowest BCUT2D eigenvalue weighted by atomic mass is 10.3. The maximum absolute atomic E-state index is 4.77. The molecule has 140 valence electrons. The zero-order valence-electron chi connectivity index (χ0n) is 15.3. The number of halogens is 1. The number of guanidine groups is 1. The molecule has 1 saturated heterocycles. The molecule has 0 bridgehead atoms. The normalized spacial score (nSPS) is 14.8. The molecule has 1 aliphatic rings. The zero-order chi connectivity index (χ0) is 17.5. The molecule has 0 amide bonds. The first-order valence-electron chi connectivity index (χ1n) is 8.74. The number of rotatable bonds is 4. The molecule has 1 aliphatic heterocycles. The largest absolute Gasteiger partial charge is 0.357 e. The van der Waals surface area contributed by atoms with E-state index in [2.05, 4.69) is 37.0 Å². The van der Waals surface area contributed by atoms with Gasteiger partial charge >= 0.3 is 0 Å². The molecule has 2 aromatic heterocycles. The fraction of sp³-hybridized carbons (Fsp3) is 0.444. The predicted molar refractivity (Wildman–Crippen MR) is 115 cm³/mol. The van der Waals surface area contributed by atoms with Gasteiger partial charge in [-0.2, -0.15) is 0 Å². The molecule has 0 aliphatic carbocycles. The molecule has 0 saturated carbocycles. The Balaban J connectivity index is 0.00000243. The van der Waals surface area contributed by atoms with Gasteiger partial charge in [0.15, 0.2) is 5.96 Å². The number of aliphatic imine (C=N–C) groups is 1. The lowest BCUT2D eigenvalue weighted by Gasteiger charge is -2.36. The molecule has 3 heterocycles. The molecule has 2 aromatic rings. The molecular formula is C18H26IN7. The van der Waals surface area contributed by atoms with Gasteiger partial charge in [-0.3, -0.25) is 4.98 Å². The van der Waals surface area contributed by atoms with Crippen LogP contribution in [0.1, 0.15) is 18.3 Å². The Labute approximate surface area is 172 Å². The van der Waals surface area contributed by atoms with Crippen molar-refractivity contribution in [3.8, 4) is 0 Å². The second-order valence-electron chi connectivity index (χ2n) is 5.96. The minimum absolute atomic E-state index is 0. The lowest BCUT2D eigenvalue weighted by Crippen LogP contribution is -2.53. The standard InChI is InChI=1S/C18H25N7.HI/c1-3-19-17(22-14-16-7-4-6-15(2)23-16)24-10-12-25(13-11-24)18-20-8-5-9-21-18;/h4-9H,3,10-14H2,1-2H3,(H,19,22);1H. The van der Waals surface area contributed by atoms with Gasteiger partial charge in [0.05, 0.1) is 12.2 Å². The van der Waals surface area contributed by atoms with Crippen molar-refractivity contribution in [2.75, 3.05) is 37.6 Å². The minimum Gasteiger partial charge on any atom is -0.357 e. The van der Waals surface area contributed by atoms with Crippen LogP contribution in [0.5, 0.6) is 0 Å². The average Bonchev–Trinajstić information content (AvgIpc) is 2.66. The van der Waals surface area contributed by atoms with Crippen LogP contribution in [0, 0.1) is 6.92 Å². The van der Waals surface area contributed by atoms with Gasteiger partial charge < -0.3 is 15.1 Å². The van der Waals surface area contributed by atoms with Gasteiger partial charge in [-0.25, -0.2) is 15.0 Å². The first-order chi connectivity index (χ1) is 12.3. The van der Waals surface area contributed by atoms with Crippen LogP contribution in [0.25, 0.3) is 0 Å². The van der Waals surface area contributed by atoms with Crippen LogP contribution in [0.3, 0.4) is 0 Å². The maximum Gasteiger partial charge on any atom is 0.225 e. The van der Waals surface area contributed by atoms with Gasteiger partial charge in [-0.1, -0.05) is 6.07 Å². The number of nitrogens with zero attached hydrogens (tertiary/aromatic N) is 6. The number of aryl methyl sites for hydroxylation is 1. The number of aromatic nitrogens is 3. The Hall–Kier alpha value is -1.97. The second-order valence-corrected chi connectivity index (χ2v) is 5.96. The van der Waals surface area contributed by atoms with E-state index in [1.54, 1.807) is 12.4 Å². The third kappa shape index (κ3) is 5.52. The zero-order valence-corrected chi connectivity index (χ0v) is 17.6. The number of hydrogen-bond donors (Lipinski definition) is 1. The van der Waals surface area contributed by atoms with E-state index >= 15 is 0 Å². The van der Waals surface area contributed by atoms with Crippen molar-refractivity contribution in [2.45, 2.75) is 20.4 Å². The summed E-state index contributed by atoms with van der Waals surface area (Å²) in [5, 5.41) is 3.39. The molecule has 26 heavy (non-hydrogen) atoms. The molecule has 0 spiro atoms. The van der Waals surface area contributed by atoms with Crippen LogP contribution in [-0.2, 0) is 6.54 Å². The van der Waals surface area contributed by atoms with Crippen molar-refractivity contribution >= 4 is 35.9 Å². The fourth-order valence-corrected chi connectivity index (χ4v) is 2.84. The number of anilines is 1. The Morgan fingerprint density at radius 3 is 2.50 bits per heavy atom.